The van der Waals surface area contributed by atoms with Gasteiger partial charge >= 0.3 is 6.03 Å². The molecule has 3 aliphatic rings. The molecule has 3 aliphatic heterocycles. The molecule has 0 saturated carbocycles. The number of methoxy groups -OCH3 is 1. The number of ether oxygens (including phenoxy) is 2. The summed E-state index contributed by atoms with van der Waals surface area (Å²) in [4.78, 5) is 24.0. The average molecular weight is 430 g/mol. The molecule has 2 aromatic rings. The number of anilines is 1. The highest BCUT2D eigenvalue weighted by molar-refractivity contribution is 7.22. The lowest BCUT2D eigenvalue weighted by atomic mass is 9.80. The van der Waals surface area contributed by atoms with Crippen LogP contribution in [-0.4, -0.2) is 67.4 Å². The van der Waals surface area contributed by atoms with Crippen molar-refractivity contribution in [3.63, 3.8) is 0 Å². The number of likely N-dealkylation sites (tertiary alicyclic amines) is 1. The Morgan fingerprint density at radius 1 is 1.43 bits per heavy atom. The summed E-state index contributed by atoms with van der Waals surface area (Å²) in [6.45, 7) is 4.99. The molecule has 5 rings (SSSR count). The molecular weight excluding hydrogens is 402 g/mol. The van der Waals surface area contributed by atoms with Gasteiger partial charge in [-0.15, -0.1) is 0 Å². The van der Waals surface area contributed by atoms with Crippen molar-refractivity contribution in [2.75, 3.05) is 51.8 Å². The smallest absolute Gasteiger partial charge is 0.323 e. The standard InChI is InChI=1S/C21H27N5O3S/c1-28-18-16-17(15(11-23-18)14-3-9-29-10-4-14)30-19(24-16)25-20(27)26-8-6-21(13-26)5-2-7-22-12-21/h3,11,22H,2,4-10,12-13H2,1H3,(H,24,25,27)/t21-/m0/s1. The molecule has 2 aromatic heterocycles. The number of carbonyl (C=O) groups excluding carboxylic acids is 1. The second kappa shape index (κ2) is 8.13. The van der Waals surface area contributed by atoms with Crippen LogP contribution in [0.1, 0.15) is 31.2 Å². The maximum absolute atomic E-state index is 12.9. The minimum atomic E-state index is -0.0738. The first kappa shape index (κ1) is 19.7. The van der Waals surface area contributed by atoms with Crippen LogP contribution in [0.4, 0.5) is 9.93 Å². The SMILES string of the molecule is COc1ncc(C2=CCOCC2)c2sc(NC(=O)N3CC[C@]4(CCCNC4)C3)nc12. The second-order valence-corrected chi connectivity index (χ2v) is 9.31. The molecule has 2 N–H and O–H groups in total. The summed E-state index contributed by atoms with van der Waals surface area (Å²) in [5, 5.41) is 7.10. The average Bonchev–Trinajstić information content (AvgIpc) is 3.38. The van der Waals surface area contributed by atoms with E-state index in [9.17, 15) is 4.79 Å². The molecular formula is C21H27N5O3S. The Balaban J connectivity index is 1.38. The van der Waals surface area contributed by atoms with Gasteiger partial charge in [-0.2, -0.15) is 0 Å². The largest absolute Gasteiger partial charge is 0.479 e. The van der Waals surface area contributed by atoms with E-state index in [-0.39, 0.29) is 11.4 Å². The topological polar surface area (TPSA) is 88.6 Å². The summed E-state index contributed by atoms with van der Waals surface area (Å²) >= 11 is 1.48. The summed E-state index contributed by atoms with van der Waals surface area (Å²) in [6, 6.07) is -0.0738. The zero-order valence-corrected chi connectivity index (χ0v) is 18.0. The number of amides is 2. The minimum Gasteiger partial charge on any atom is -0.479 e. The first-order chi connectivity index (χ1) is 14.7. The zero-order valence-electron chi connectivity index (χ0n) is 17.2. The monoisotopic (exact) mass is 429 g/mol. The van der Waals surface area contributed by atoms with E-state index in [1.54, 1.807) is 7.11 Å². The number of aromatic nitrogens is 2. The summed E-state index contributed by atoms with van der Waals surface area (Å²) in [6.07, 6.45) is 8.20. The summed E-state index contributed by atoms with van der Waals surface area (Å²) in [5.74, 6) is 0.478. The molecule has 0 radical (unpaired) electrons. The zero-order chi connectivity index (χ0) is 20.6. The van der Waals surface area contributed by atoms with Crippen LogP contribution < -0.4 is 15.4 Å². The number of piperidine rings is 1. The van der Waals surface area contributed by atoms with Gasteiger partial charge in [0.15, 0.2) is 5.13 Å². The Morgan fingerprint density at radius 3 is 3.13 bits per heavy atom. The van der Waals surface area contributed by atoms with Gasteiger partial charge in [-0.25, -0.2) is 14.8 Å². The number of pyridine rings is 1. The van der Waals surface area contributed by atoms with Crippen LogP contribution in [0.15, 0.2) is 12.3 Å². The van der Waals surface area contributed by atoms with E-state index in [0.29, 0.717) is 29.7 Å². The third kappa shape index (κ3) is 3.66. The predicted molar refractivity (Wildman–Crippen MR) is 117 cm³/mol. The van der Waals surface area contributed by atoms with Gasteiger partial charge in [-0.05, 0) is 37.8 Å². The Kier molecular flexibility index (Phi) is 5.34. The lowest BCUT2D eigenvalue weighted by Gasteiger charge is -2.33. The molecule has 9 heteroatoms. The number of nitrogens with one attached hydrogen (secondary N) is 2. The third-order valence-electron chi connectivity index (χ3n) is 6.39. The number of hydrogen-bond donors (Lipinski definition) is 2. The van der Waals surface area contributed by atoms with Crippen LogP contribution in [0.5, 0.6) is 5.88 Å². The van der Waals surface area contributed by atoms with E-state index in [0.717, 1.165) is 49.3 Å². The molecule has 0 unspecified atom stereocenters. The number of urea groups is 1. The van der Waals surface area contributed by atoms with Crippen LogP contribution >= 0.6 is 11.3 Å². The van der Waals surface area contributed by atoms with E-state index in [4.69, 9.17) is 9.47 Å². The van der Waals surface area contributed by atoms with Gasteiger partial charge in [0.2, 0.25) is 5.88 Å². The fourth-order valence-corrected chi connectivity index (χ4v) is 5.74. The van der Waals surface area contributed by atoms with Crippen LogP contribution in [0.3, 0.4) is 0 Å². The number of hydrogen-bond acceptors (Lipinski definition) is 7. The van der Waals surface area contributed by atoms with Crippen molar-refractivity contribution in [1.82, 2.24) is 20.2 Å². The van der Waals surface area contributed by atoms with Gasteiger partial charge in [0, 0.05) is 36.8 Å². The first-order valence-electron chi connectivity index (χ1n) is 10.5. The van der Waals surface area contributed by atoms with Crippen molar-refractivity contribution >= 4 is 38.3 Å². The second-order valence-electron chi connectivity index (χ2n) is 8.31. The molecule has 0 aliphatic carbocycles. The number of thiazole rings is 1. The molecule has 8 nitrogen and oxygen atoms in total. The Bertz CT molecular complexity index is 982. The lowest BCUT2D eigenvalue weighted by Crippen LogP contribution is -2.43. The van der Waals surface area contributed by atoms with Crippen molar-refractivity contribution in [2.45, 2.75) is 25.7 Å². The highest BCUT2D eigenvalue weighted by Crippen LogP contribution is 2.39. The maximum Gasteiger partial charge on any atom is 0.323 e. The van der Waals surface area contributed by atoms with Crippen molar-refractivity contribution in [1.29, 1.82) is 0 Å². The van der Waals surface area contributed by atoms with Crippen LogP contribution in [0.25, 0.3) is 15.8 Å². The van der Waals surface area contributed by atoms with E-state index in [1.807, 2.05) is 11.1 Å². The molecule has 160 valence electrons. The van der Waals surface area contributed by atoms with Crippen molar-refractivity contribution < 1.29 is 14.3 Å². The highest BCUT2D eigenvalue weighted by Gasteiger charge is 2.40. The predicted octanol–water partition coefficient (Wildman–Crippen LogP) is 3.11. The number of carbonyl (C=O) groups is 1. The molecule has 2 amide bonds. The molecule has 30 heavy (non-hydrogen) atoms. The summed E-state index contributed by atoms with van der Waals surface area (Å²) < 4.78 is 11.8. The normalized spacial score (nSPS) is 24.3. The Hall–Kier alpha value is -2.23. The van der Waals surface area contributed by atoms with Crippen LogP contribution in [0, 0.1) is 5.41 Å². The van der Waals surface area contributed by atoms with Gasteiger partial charge in [0.05, 0.1) is 25.0 Å². The number of rotatable bonds is 3. The fourth-order valence-electron chi connectivity index (χ4n) is 4.75. The van der Waals surface area contributed by atoms with Gasteiger partial charge in [-0.1, -0.05) is 17.4 Å². The minimum absolute atomic E-state index is 0.0738. The quantitative estimate of drug-likeness (QED) is 0.779. The molecule has 0 bridgehead atoms. The van der Waals surface area contributed by atoms with Gasteiger partial charge in [0.1, 0.15) is 5.52 Å². The van der Waals surface area contributed by atoms with Crippen molar-refractivity contribution in [3.05, 3.63) is 17.8 Å². The van der Waals surface area contributed by atoms with Crippen LogP contribution in [-0.2, 0) is 4.74 Å². The first-order valence-corrected chi connectivity index (χ1v) is 11.4. The molecule has 5 heterocycles. The van der Waals surface area contributed by atoms with Gasteiger partial charge in [0.25, 0.3) is 0 Å². The summed E-state index contributed by atoms with van der Waals surface area (Å²) in [7, 11) is 1.59. The van der Waals surface area contributed by atoms with Gasteiger partial charge < -0.3 is 19.7 Å². The van der Waals surface area contributed by atoms with Crippen molar-refractivity contribution in [3.8, 4) is 5.88 Å². The third-order valence-corrected chi connectivity index (χ3v) is 7.39. The van der Waals surface area contributed by atoms with E-state index < -0.39 is 0 Å². The number of fused-ring (bicyclic) bond motifs is 1. The van der Waals surface area contributed by atoms with Gasteiger partial charge in [-0.3, -0.25) is 5.32 Å². The maximum atomic E-state index is 12.9. The molecule has 1 atom stereocenters. The van der Waals surface area contributed by atoms with Crippen molar-refractivity contribution in [2.24, 2.45) is 5.41 Å². The Morgan fingerprint density at radius 2 is 2.37 bits per heavy atom. The van der Waals surface area contributed by atoms with E-state index in [2.05, 4.69) is 26.7 Å². The highest BCUT2D eigenvalue weighted by atomic mass is 32.1. The molecule has 0 aromatic carbocycles. The van der Waals surface area contributed by atoms with E-state index >= 15 is 0 Å². The summed E-state index contributed by atoms with van der Waals surface area (Å²) in [5.41, 5.74) is 3.17. The Labute approximate surface area is 179 Å². The lowest BCUT2D eigenvalue weighted by molar-refractivity contribution is 0.161. The molecule has 2 saturated heterocycles. The van der Waals surface area contributed by atoms with E-state index in [1.165, 1.54) is 29.8 Å². The molecule has 2 fully saturated rings. The fraction of sp³-hybridized carbons (Fsp3) is 0.571. The number of nitrogens with zero attached hydrogens (tertiary/aromatic N) is 3. The van der Waals surface area contributed by atoms with Crippen LogP contribution in [0.2, 0.25) is 0 Å². The molecule has 1 spiro atoms.